The molecule has 1 atom stereocenters. The maximum Gasteiger partial charge on any atom is 0.0510 e. The minimum Gasteiger partial charge on any atom is -0.371 e. The quantitative estimate of drug-likeness (QED) is 0.800. The highest BCUT2D eigenvalue weighted by molar-refractivity contribution is 9.10. The fourth-order valence-electron chi connectivity index (χ4n) is 3.25. The fourth-order valence-corrected chi connectivity index (χ4v) is 3.93. The van der Waals surface area contributed by atoms with Crippen molar-refractivity contribution in [1.82, 2.24) is 0 Å². The van der Waals surface area contributed by atoms with E-state index in [0.717, 1.165) is 18.8 Å². The van der Waals surface area contributed by atoms with E-state index in [0.29, 0.717) is 0 Å². The topological polar surface area (TPSA) is 29.3 Å². The molecule has 2 N–H and O–H groups in total. The first-order chi connectivity index (χ1) is 10.1. The molecule has 1 unspecified atom stereocenters. The second kappa shape index (κ2) is 8.19. The van der Waals surface area contributed by atoms with Gasteiger partial charge in [-0.1, -0.05) is 32.8 Å². The molecule has 0 amide bonds. The summed E-state index contributed by atoms with van der Waals surface area (Å²) in [5.74, 6) is 0.937. The number of hydrogen-bond donors (Lipinski definition) is 1. The van der Waals surface area contributed by atoms with Gasteiger partial charge in [0.05, 0.1) is 5.69 Å². The molecule has 0 aliphatic carbocycles. The lowest BCUT2D eigenvalue weighted by atomic mass is 9.92. The molecule has 0 radical (unpaired) electrons. The lowest BCUT2D eigenvalue weighted by Gasteiger charge is -2.34. The molecule has 0 spiro atoms. The molecular formula is C18H29BrN2. The molecule has 2 rings (SSSR count). The first-order valence-corrected chi connectivity index (χ1v) is 9.22. The van der Waals surface area contributed by atoms with Crippen molar-refractivity contribution < 1.29 is 0 Å². The third kappa shape index (κ3) is 4.72. The number of piperidine rings is 1. The minimum atomic E-state index is 0.271. The number of rotatable bonds is 6. The summed E-state index contributed by atoms with van der Waals surface area (Å²) in [6.07, 6.45) is 7.38. The average molecular weight is 353 g/mol. The van der Waals surface area contributed by atoms with E-state index >= 15 is 0 Å². The van der Waals surface area contributed by atoms with Crippen LogP contribution in [0.3, 0.4) is 0 Å². The van der Waals surface area contributed by atoms with E-state index in [1.807, 2.05) is 0 Å². The number of anilines is 1. The molecule has 21 heavy (non-hydrogen) atoms. The Morgan fingerprint density at radius 1 is 1.29 bits per heavy atom. The normalized spacial score (nSPS) is 18.0. The van der Waals surface area contributed by atoms with E-state index in [-0.39, 0.29) is 6.04 Å². The standard InChI is InChI=1S/C18H29BrN2/c1-3-5-14-8-10-21(11-9-14)18-7-6-15(13-17(18)19)12-16(20)4-2/h6-7,13-14,16H,3-5,8-12,20H2,1-2H3. The van der Waals surface area contributed by atoms with Gasteiger partial charge in [-0.05, 0) is 65.2 Å². The fraction of sp³-hybridized carbons (Fsp3) is 0.667. The van der Waals surface area contributed by atoms with Crippen molar-refractivity contribution in [1.29, 1.82) is 0 Å². The van der Waals surface area contributed by atoms with Crippen LogP contribution < -0.4 is 10.6 Å². The first-order valence-electron chi connectivity index (χ1n) is 8.43. The van der Waals surface area contributed by atoms with Crippen molar-refractivity contribution in [2.24, 2.45) is 11.7 Å². The summed E-state index contributed by atoms with van der Waals surface area (Å²) in [6, 6.07) is 7.03. The zero-order valence-corrected chi connectivity index (χ0v) is 15.0. The van der Waals surface area contributed by atoms with Gasteiger partial charge in [0, 0.05) is 23.6 Å². The minimum absolute atomic E-state index is 0.271. The van der Waals surface area contributed by atoms with Gasteiger partial charge in [-0.15, -0.1) is 0 Å². The van der Waals surface area contributed by atoms with Crippen LogP contribution >= 0.6 is 15.9 Å². The van der Waals surface area contributed by atoms with Crippen molar-refractivity contribution in [2.45, 2.75) is 58.4 Å². The molecule has 1 aliphatic heterocycles. The predicted molar refractivity (Wildman–Crippen MR) is 96.0 cm³/mol. The number of benzene rings is 1. The highest BCUT2D eigenvalue weighted by Gasteiger charge is 2.20. The monoisotopic (exact) mass is 352 g/mol. The van der Waals surface area contributed by atoms with Crippen LogP contribution in [0, 0.1) is 5.92 Å². The smallest absolute Gasteiger partial charge is 0.0510 e. The third-order valence-corrected chi connectivity index (χ3v) is 5.32. The molecule has 0 bridgehead atoms. The lowest BCUT2D eigenvalue weighted by molar-refractivity contribution is 0.378. The maximum atomic E-state index is 6.05. The Bertz CT molecular complexity index is 439. The van der Waals surface area contributed by atoms with Gasteiger partial charge in [0.1, 0.15) is 0 Å². The third-order valence-electron chi connectivity index (χ3n) is 4.69. The second-order valence-corrected chi connectivity index (χ2v) is 7.23. The van der Waals surface area contributed by atoms with Gasteiger partial charge in [-0.3, -0.25) is 0 Å². The van der Waals surface area contributed by atoms with Crippen molar-refractivity contribution in [2.75, 3.05) is 18.0 Å². The van der Waals surface area contributed by atoms with Gasteiger partial charge < -0.3 is 10.6 Å². The molecule has 1 aromatic rings. The number of nitrogens with zero attached hydrogens (tertiary/aromatic N) is 1. The van der Waals surface area contributed by atoms with Gasteiger partial charge >= 0.3 is 0 Å². The second-order valence-electron chi connectivity index (χ2n) is 6.38. The molecule has 1 aromatic carbocycles. The summed E-state index contributed by atoms with van der Waals surface area (Å²) >= 11 is 3.76. The van der Waals surface area contributed by atoms with Gasteiger partial charge in [0.25, 0.3) is 0 Å². The summed E-state index contributed by atoms with van der Waals surface area (Å²) in [4.78, 5) is 2.53. The summed E-state index contributed by atoms with van der Waals surface area (Å²) < 4.78 is 1.22. The van der Waals surface area contributed by atoms with Crippen LogP contribution in [-0.2, 0) is 6.42 Å². The van der Waals surface area contributed by atoms with Gasteiger partial charge in [-0.25, -0.2) is 0 Å². The molecule has 118 valence electrons. The molecule has 1 saturated heterocycles. The van der Waals surface area contributed by atoms with Gasteiger partial charge in [0.15, 0.2) is 0 Å². The zero-order chi connectivity index (χ0) is 15.2. The van der Waals surface area contributed by atoms with E-state index in [1.54, 1.807) is 0 Å². The van der Waals surface area contributed by atoms with E-state index in [4.69, 9.17) is 5.73 Å². The predicted octanol–water partition coefficient (Wildman–Crippen LogP) is 4.75. The van der Waals surface area contributed by atoms with E-state index in [9.17, 15) is 0 Å². The highest BCUT2D eigenvalue weighted by atomic mass is 79.9. The average Bonchev–Trinajstić information content (AvgIpc) is 2.49. The maximum absolute atomic E-state index is 6.05. The summed E-state index contributed by atoms with van der Waals surface area (Å²) in [5, 5.41) is 0. The van der Waals surface area contributed by atoms with Crippen LogP contribution in [-0.4, -0.2) is 19.1 Å². The Hall–Kier alpha value is -0.540. The number of hydrogen-bond acceptors (Lipinski definition) is 2. The van der Waals surface area contributed by atoms with Crippen molar-refractivity contribution in [3.05, 3.63) is 28.2 Å². The molecule has 3 heteroatoms. The highest BCUT2D eigenvalue weighted by Crippen LogP contribution is 2.32. The van der Waals surface area contributed by atoms with Crippen LogP contribution in [0.25, 0.3) is 0 Å². The van der Waals surface area contributed by atoms with Crippen molar-refractivity contribution >= 4 is 21.6 Å². The van der Waals surface area contributed by atoms with Gasteiger partial charge in [-0.2, -0.15) is 0 Å². The van der Waals surface area contributed by atoms with E-state index in [2.05, 4.69) is 52.9 Å². The molecule has 1 heterocycles. The Morgan fingerprint density at radius 2 is 2.00 bits per heavy atom. The molecule has 0 aromatic heterocycles. The molecule has 1 fully saturated rings. The molecule has 2 nitrogen and oxygen atoms in total. The van der Waals surface area contributed by atoms with Crippen LogP contribution in [0.1, 0.15) is 51.5 Å². The summed E-state index contributed by atoms with van der Waals surface area (Å²) in [5.41, 5.74) is 8.73. The van der Waals surface area contributed by atoms with E-state index < -0.39 is 0 Å². The Balaban J connectivity index is 1.98. The number of nitrogens with two attached hydrogens (primary N) is 1. The molecule has 0 saturated carbocycles. The van der Waals surface area contributed by atoms with Crippen molar-refractivity contribution in [3.8, 4) is 0 Å². The summed E-state index contributed by atoms with van der Waals surface area (Å²) in [7, 11) is 0. The Morgan fingerprint density at radius 3 is 2.57 bits per heavy atom. The Kier molecular flexibility index (Phi) is 6.56. The van der Waals surface area contributed by atoms with Gasteiger partial charge in [0.2, 0.25) is 0 Å². The van der Waals surface area contributed by atoms with Crippen LogP contribution in [0.2, 0.25) is 0 Å². The molecule has 1 aliphatic rings. The lowest BCUT2D eigenvalue weighted by Crippen LogP contribution is -2.33. The largest absolute Gasteiger partial charge is 0.371 e. The molecular weight excluding hydrogens is 324 g/mol. The van der Waals surface area contributed by atoms with Crippen LogP contribution in [0.15, 0.2) is 22.7 Å². The summed E-state index contributed by atoms with van der Waals surface area (Å²) in [6.45, 7) is 6.82. The number of halogens is 1. The van der Waals surface area contributed by atoms with Crippen LogP contribution in [0.4, 0.5) is 5.69 Å². The van der Waals surface area contributed by atoms with E-state index in [1.165, 1.54) is 54.5 Å². The van der Waals surface area contributed by atoms with Crippen molar-refractivity contribution in [3.63, 3.8) is 0 Å². The first kappa shape index (κ1) is 16.8. The van der Waals surface area contributed by atoms with Crippen LogP contribution in [0.5, 0.6) is 0 Å². The SMILES string of the molecule is CCCC1CCN(c2ccc(CC(N)CC)cc2Br)CC1. The zero-order valence-electron chi connectivity index (χ0n) is 13.4. The Labute approximate surface area is 138 Å².